The topological polar surface area (TPSA) is 38.3 Å². The fourth-order valence-corrected chi connectivity index (χ4v) is 2.79. The van der Waals surface area contributed by atoms with Crippen LogP contribution in [0.15, 0.2) is 54.6 Å². The van der Waals surface area contributed by atoms with Crippen LogP contribution >= 0.6 is 0 Å². The molecule has 0 unspecified atom stereocenters. The smallest absolute Gasteiger partial charge is 0.411 e. The van der Waals surface area contributed by atoms with Gasteiger partial charge in [0.2, 0.25) is 0 Å². The van der Waals surface area contributed by atoms with Crippen LogP contribution in [0.1, 0.15) is 5.56 Å². The quantitative estimate of drug-likeness (QED) is 0.877. The van der Waals surface area contributed by atoms with Gasteiger partial charge in [-0.1, -0.05) is 60.7 Å². The Morgan fingerprint density at radius 2 is 1.70 bits per heavy atom. The number of ether oxygens (including phenoxy) is 1. The molecule has 20 heavy (non-hydrogen) atoms. The molecule has 0 heterocycles. The van der Waals surface area contributed by atoms with Gasteiger partial charge < -0.3 is 4.74 Å². The third-order valence-corrected chi connectivity index (χ3v) is 4.75. The van der Waals surface area contributed by atoms with Crippen molar-refractivity contribution < 1.29 is 9.53 Å². The third-order valence-electron chi connectivity index (χ3n) is 3.04. The second-order valence-corrected chi connectivity index (χ2v) is 7.94. The Morgan fingerprint density at radius 1 is 1.05 bits per heavy atom. The van der Waals surface area contributed by atoms with E-state index in [1.165, 1.54) is 5.19 Å². The monoisotopic (exact) mass is 285 g/mol. The number of hydrogen-bond donors (Lipinski definition) is 1. The minimum absolute atomic E-state index is 0.281. The van der Waals surface area contributed by atoms with Crippen molar-refractivity contribution in [1.82, 2.24) is 0 Å². The Bertz CT molecular complexity index is 552. The van der Waals surface area contributed by atoms with Crippen molar-refractivity contribution in [2.24, 2.45) is 0 Å². The Hall–Kier alpha value is -2.07. The van der Waals surface area contributed by atoms with Crippen LogP contribution in [0, 0.1) is 0 Å². The predicted octanol–water partition coefficient (Wildman–Crippen LogP) is 3.13. The van der Waals surface area contributed by atoms with Gasteiger partial charge in [-0.15, -0.1) is 0 Å². The molecule has 0 radical (unpaired) electrons. The van der Waals surface area contributed by atoms with Crippen LogP contribution < -0.4 is 10.5 Å². The molecule has 0 saturated heterocycles. The zero-order valence-corrected chi connectivity index (χ0v) is 13.0. The highest BCUT2D eigenvalue weighted by Gasteiger charge is 2.05. The summed E-state index contributed by atoms with van der Waals surface area (Å²) in [6.07, 6.45) is -0.427. The highest BCUT2D eigenvalue weighted by atomic mass is 28.3. The molecule has 2 aromatic rings. The maximum absolute atomic E-state index is 11.7. The Labute approximate surface area is 121 Å². The first-order valence-corrected chi connectivity index (χ1v) is 9.61. The molecule has 2 aromatic carbocycles. The fraction of sp³-hybridized carbons (Fsp3) is 0.188. The molecular weight excluding hydrogens is 266 g/mol. The highest BCUT2D eigenvalue weighted by molar-refractivity contribution is 6.70. The number of nitrogens with one attached hydrogen (secondary N) is 1. The van der Waals surface area contributed by atoms with E-state index < -0.39 is 14.9 Å². The molecule has 0 spiro atoms. The summed E-state index contributed by atoms with van der Waals surface area (Å²) in [5.41, 5.74) is 1.74. The average Bonchev–Trinajstić information content (AvgIpc) is 2.47. The fourth-order valence-electron chi connectivity index (χ4n) is 1.83. The molecule has 0 bridgehead atoms. The molecule has 0 aliphatic rings. The lowest BCUT2D eigenvalue weighted by Gasteiger charge is -2.08. The molecular formula is C16H19NO2Si. The Morgan fingerprint density at radius 3 is 2.30 bits per heavy atom. The van der Waals surface area contributed by atoms with E-state index in [1.807, 2.05) is 42.5 Å². The van der Waals surface area contributed by atoms with Crippen molar-refractivity contribution >= 4 is 25.8 Å². The van der Waals surface area contributed by atoms with Crippen molar-refractivity contribution in [1.29, 1.82) is 0 Å². The van der Waals surface area contributed by atoms with Gasteiger partial charge in [-0.25, -0.2) is 4.79 Å². The second-order valence-electron chi connectivity index (χ2n) is 4.96. The number of benzene rings is 2. The Kier molecular flexibility index (Phi) is 4.95. The summed E-state index contributed by atoms with van der Waals surface area (Å²) in [4.78, 5) is 11.7. The van der Waals surface area contributed by atoms with Gasteiger partial charge in [-0.05, 0) is 17.7 Å². The highest BCUT2D eigenvalue weighted by Crippen LogP contribution is 2.07. The molecule has 2 rings (SSSR count). The van der Waals surface area contributed by atoms with Gasteiger partial charge in [0.1, 0.15) is 6.61 Å². The summed E-state index contributed by atoms with van der Waals surface area (Å²) in [6.45, 7) is 4.83. The first-order chi connectivity index (χ1) is 9.65. The molecule has 0 aliphatic heterocycles. The lowest BCUT2D eigenvalue weighted by Crippen LogP contribution is -2.22. The summed E-state index contributed by atoms with van der Waals surface area (Å²) in [5, 5.41) is 4.12. The summed E-state index contributed by atoms with van der Waals surface area (Å²) in [7, 11) is -0.783. The molecule has 0 aromatic heterocycles. The number of rotatable bonds is 4. The predicted molar refractivity (Wildman–Crippen MR) is 85.2 cm³/mol. The number of hydrogen-bond acceptors (Lipinski definition) is 2. The minimum Gasteiger partial charge on any atom is -0.444 e. The number of anilines is 1. The van der Waals surface area contributed by atoms with Crippen molar-refractivity contribution in [2.75, 3.05) is 5.32 Å². The van der Waals surface area contributed by atoms with Crippen LogP contribution in [0.2, 0.25) is 13.1 Å². The van der Waals surface area contributed by atoms with E-state index in [0.29, 0.717) is 0 Å². The first kappa shape index (κ1) is 14.3. The number of carbonyl (C=O) groups is 1. The van der Waals surface area contributed by atoms with Crippen molar-refractivity contribution in [2.45, 2.75) is 19.7 Å². The van der Waals surface area contributed by atoms with E-state index >= 15 is 0 Å². The van der Waals surface area contributed by atoms with Gasteiger partial charge in [0.25, 0.3) is 0 Å². The normalized spacial score (nSPS) is 10.3. The second kappa shape index (κ2) is 6.91. The SMILES string of the molecule is C[SiH](C)c1ccc(NC(=O)OCc2ccccc2)cc1. The Balaban J connectivity index is 1.85. The van der Waals surface area contributed by atoms with Crippen LogP contribution in [-0.2, 0) is 11.3 Å². The third kappa shape index (κ3) is 4.24. The van der Waals surface area contributed by atoms with Crippen molar-refractivity contribution in [3.05, 3.63) is 60.2 Å². The maximum Gasteiger partial charge on any atom is 0.411 e. The first-order valence-electron chi connectivity index (χ1n) is 6.73. The van der Waals surface area contributed by atoms with Gasteiger partial charge >= 0.3 is 6.09 Å². The van der Waals surface area contributed by atoms with Gasteiger partial charge in [0.15, 0.2) is 0 Å². The molecule has 0 fully saturated rings. The maximum atomic E-state index is 11.7. The molecule has 1 amide bonds. The van der Waals surface area contributed by atoms with E-state index in [2.05, 4.69) is 30.5 Å². The summed E-state index contributed by atoms with van der Waals surface area (Å²) in [5.74, 6) is 0. The lowest BCUT2D eigenvalue weighted by molar-refractivity contribution is 0.155. The van der Waals surface area contributed by atoms with E-state index in [0.717, 1.165) is 11.3 Å². The molecule has 0 atom stereocenters. The average molecular weight is 285 g/mol. The van der Waals surface area contributed by atoms with Crippen LogP contribution in [0.4, 0.5) is 10.5 Å². The van der Waals surface area contributed by atoms with E-state index in [9.17, 15) is 4.79 Å². The lowest BCUT2D eigenvalue weighted by atomic mass is 10.2. The van der Waals surface area contributed by atoms with Crippen LogP contribution in [0.3, 0.4) is 0 Å². The zero-order valence-electron chi connectivity index (χ0n) is 11.8. The summed E-state index contributed by atoms with van der Waals surface area (Å²) < 4.78 is 5.17. The molecule has 3 nitrogen and oxygen atoms in total. The summed E-state index contributed by atoms with van der Waals surface area (Å²) >= 11 is 0. The van der Waals surface area contributed by atoms with Crippen LogP contribution in [0.25, 0.3) is 0 Å². The molecule has 0 aliphatic carbocycles. The van der Waals surface area contributed by atoms with Gasteiger partial charge in [-0.3, -0.25) is 5.32 Å². The van der Waals surface area contributed by atoms with Crippen molar-refractivity contribution in [3.63, 3.8) is 0 Å². The molecule has 0 saturated carbocycles. The van der Waals surface area contributed by atoms with Gasteiger partial charge in [0, 0.05) is 5.69 Å². The van der Waals surface area contributed by atoms with Crippen LogP contribution in [-0.4, -0.2) is 14.9 Å². The van der Waals surface area contributed by atoms with Gasteiger partial charge in [-0.2, -0.15) is 0 Å². The van der Waals surface area contributed by atoms with Crippen LogP contribution in [0.5, 0.6) is 0 Å². The zero-order chi connectivity index (χ0) is 14.4. The van der Waals surface area contributed by atoms with E-state index in [-0.39, 0.29) is 6.61 Å². The number of amides is 1. The molecule has 4 heteroatoms. The standard InChI is InChI=1S/C16H19NO2Si/c1-20(2)15-10-8-14(9-11-15)17-16(18)19-12-13-6-4-3-5-7-13/h3-11,20H,12H2,1-2H3,(H,17,18). The largest absolute Gasteiger partial charge is 0.444 e. The summed E-state index contributed by atoms with van der Waals surface area (Å²) in [6, 6.07) is 17.6. The number of carbonyl (C=O) groups excluding carboxylic acids is 1. The van der Waals surface area contributed by atoms with E-state index in [4.69, 9.17) is 4.74 Å². The molecule has 104 valence electrons. The molecule has 1 N–H and O–H groups in total. The van der Waals surface area contributed by atoms with Gasteiger partial charge in [0.05, 0.1) is 8.80 Å². The van der Waals surface area contributed by atoms with E-state index in [1.54, 1.807) is 0 Å². The minimum atomic E-state index is -0.783. The van der Waals surface area contributed by atoms with Crippen molar-refractivity contribution in [3.8, 4) is 0 Å².